The summed E-state index contributed by atoms with van der Waals surface area (Å²) in [6.07, 6.45) is 2.61. The van der Waals surface area contributed by atoms with Crippen molar-refractivity contribution >= 4 is 11.8 Å². The van der Waals surface area contributed by atoms with E-state index >= 15 is 0 Å². The van der Waals surface area contributed by atoms with Gasteiger partial charge in [0.25, 0.3) is 0 Å². The molecule has 0 heterocycles. The highest BCUT2D eigenvalue weighted by molar-refractivity contribution is 5.61. The van der Waals surface area contributed by atoms with Crippen LogP contribution < -0.4 is 0 Å². The minimum absolute atomic E-state index is 0.143. The molecule has 4 nitrogen and oxygen atoms in total. The topological polar surface area (TPSA) is 63.4 Å². The molecule has 0 atom stereocenters. The Labute approximate surface area is 79.4 Å². The summed E-state index contributed by atoms with van der Waals surface area (Å²) >= 11 is 0. The van der Waals surface area contributed by atoms with Gasteiger partial charge in [-0.05, 0) is 18.2 Å². The Kier molecular flexibility index (Phi) is 3.30. The summed E-state index contributed by atoms with van der Waals surface area (Å²) in [5.41, 5.74) is -0.429. The SMILES string of the molecule is O=[N+]([O-])c1c(F)cccc1C=CCO. The van der Waals surface area contributed by atoms with Crippen LogP contribution in [-0.2, 0) is 0 Å². The first-order chi connectivity index (χ1) is 6.66. The Morgan fingerprint density at radius 1 is 1.57 bits per heavy atom. The third-order valence-electron chi connectivity index (χ3n) is 1.60. The Morgan fingerprint density at radius 2 is 2.29 bits per heavy atom. The van der Waals surface area contributed by atoms with E-state index in [4.69, 9.17) is 5.11 Å². The summed E-state index contributed by atoms with van der Waals surface area (Å²) < 4.78 is 13.0. The molecule has 0 saturated heterocycles. The predicted molar refractivity (Wildman–Crippen MR) is 49.2 cm³/mol. The smallest absolute Gasteiger partial charge is 0.311 e. The number of para-hydroxylation sites is 1. The number of hydrogen-bond acceptors (Lipinski definition) is 3. The molecule has 1 aromatic carbocycles. The van der Waals surface area contributed by atoms with Gasteiger partial charge in [-0.25, -0.2) is 0 Å². The van der Waals surface area contributed by atoms with Gasteiger partial charge in [-0.3, -0.25) is 10.1 Å². The third kappa shape index (κ3) is 2.14. The summed E-state index contributed by atoms with van der Waals surface area (Å²) in [6.45, 7) is -0.242. The van der Waals surface area contributed by atoms with E-state index < -0.39 is 16.4 Å². The van der Waals surface area contributed by atoms with E-state index in [2.05, 4.69) is 0 Å². The molecule has 0 aromatic heterocycles. The molecule has 74 valence electrons. The van der Waals surface area contributed by atoms with Crippen molar-refractivity contribution in [1.82, 2.24) is 0 Å². The Balaban J connectivity index is 3.21. The minimum atomic E-state index is -0.880. The number of benzene rings is 1. The molecule has 0 radical (unpaired) electrons. The summed E-state index contributed by atoms with van der Waals surface area (Å²) in [5, 5.41) is 19.0. The highest BCUT2D eigenvalue weighted by Crippen LogP contribution is 2.23. The molecule has 1 aromatic rings. The fourth-order valence-electron chi connectivity index (χ4n) is 1.04. The van der Waals surface area contributed by atoms with Gasteiger partial charge in [-0.15, -0.1) is 0 Å². The molecule has 1 rings (SSSR count). The minimum Gasteiger partial charge on any atom is -0.392 e. The molecular formula is C9H8FNO3. The van der Waals surface area contributed by atoms with Crippen LogP contribution in [0.25, 0.3) is 6.08 Å². The fraction of sp³-hybridized carbons (Fsp3) is 0.111. The van der Waals surface area contributed by atoms with Crippen molar-refractivity contribution in [3.05, 3.63) is 45.8 Å². The van der Waals surface area contributed by atoms with E-state index in [0.29, 0.717) is 0 Å². The summed E-state index contributed by atoms with van der Waals surface area (Å²) in [7, 11) is 0. The molecule has 0 spiro atoms. The van der Waals surface area contributed by atoms with E-state index in [1.54, 1.807) is 0 Å². The molecule has 1 N–H and O–H groups in total. The molecule has 5 heteroatoms. The van der Waals surface area contributed by atoms with Crippen molar-refractivity contribution in [1.29, 1.82) is 0 Å². The number of rotatable bonds is 3. The molecule has 0 bridgehead atoms. The molecule has 0 fully saturated rings. The zero-order chi connectivity index (χ0) is 10.6. The fourth-order valence-corrected chi connectivity index (χ4v) is 1.04. The van der Waals surface area contributed by atoms with Crippen molar-refractivity contribution in [2.45, 2.75) is 0 Å². The number of hydrogen-bond donors (Lipinski definition) is 1. The number of halogens is 1. The van der Waals surface area contributed by atoms with Gasteiger partial charge in [0, 0.05) is 0 Å². The van der Waals surface area contributed by atoms with E-state index in [0.717, 1.165) is 6.07 Å². The lowest BCUT2D eigenvalue weighted by Gasteiger charge is -1.97. The van der Waals surface area contributed by atoms with Crippen LogP contribution in [0.4, 0.5) is 10.1 Å². The van der Waals surface area contributed by atoms with Crippen LogP contribution in [0.15, 0.2) is 24.3 Å². The van der Waals surface area contributed by atoms with Crippen molar-refractivity contribution in [2.24, 2.45) is 0 Å². The molecule has 0 saturated carbocycles. The van der Waals surface area contributed by atoms with Crippen molar-refractivity contribution < 1.29 is 14.4 Å². The lowest BCUT2D eigenvalue weighted by atomic mass is 10.1. The average molecular weight is 197 g/mol. The van der Waals surface area contributed by atoms with E-state index in [1.165, 1.54) is 24.3 Å². The molecular weight excluding hydrogens is 189 g/mol. The van der Waals surface area contributed by atoms with Crippen LogP contribution in [-0.4, -0.2) is 16.6 Å². The second kappa shape index (κ2) is 4.48. The van der Waals surface area contributed by atoms with Gasteiger partial charge < -0.3 is 5.11 Å². The normalized spacial score (nSPS) is 10.7. The average Bonchev–Trinajstić information content (AvgIpc) is 2.14. The molecule has 0 aliphatic rings. The van der Waals surface area contributed by atoms with Crippen LogP contribution in [0, 0.1) is 15.9 Å². The number of aliphatic hydroxyl groups is 1. The molecule has 0 aliphatic carbocycles. The van der Waals surface area contributed by atoms with Crippen molar-refractivity contribution in [2.75, 3.05) is 6.61 Å². The summed E-state index contributed by atoms with van der Waals surface area (Å²) in [4.78, 5) is 9.69. The first-order valence-electron chi connectivity index (χ1n) is 3.87. The lowest BCUT2D eigenvalue weighted by Crippen LogP contribution is -1.95. The summed E-state index contributed by atoms with van der Waals surface area (Å²) in [5.74, 6) is -0.880. The van der Waals surface area contributed by atoms with Gasteiger partial charge in [-0.2, -0.15) is 4.39 Å². The van der Waals surface area contributed by atoms with Gasteiger partial charge in [-0.1, -0.05) is 12.1 Å². The van der Waals surface area contributed by atoms with Gasteiger partial charge in [0.2, 0.25) is 5.82 Å². The van der Waals surface area contributed by atoms with Crippen LogP contribution in [0.3, 0.4) is 0 Å². The van der Waals surface area contributed by atoms with E-state index in [-0.39, 0.29) is 12.2 Å². The van der Waals surface area contributed by atoms with Gasteiger partial charge >= 0.3 is 5.69 Å². The largest absolute Gasteiger partial charge is 0.392 e. The zero-order valence-electron chi connectivity index (χ0n) is 7.18. The highest BCUT2D eigenvalue weighted by Gasteiger charge is 2.17. The van der Waals surface area contributed by atoms with Crippen molar-refractivity contribution in [3.63, 3.8) is 0 Å². The van der Waals surface area contributed by atoms with Gasteiger partial charge in [0.05, 0.1) is 17.1 Å². The Bertz CT molecular complexity index is 376. The number of nitro groups is 1. The number of nitrogens with zero attached hydrogens (tertiary/aromatic N) is 1. The van der Waals surface area contributed by atoms with E-state index in [9.17, 15) is 14.5 Å². The monoisotopic (exact) mass is 197 g/mol. The van der Waals surface area contributed by atoms with Gasteiger partial charge in [0.1, 0.15) is 0 Å². The molecule has 0 unspecified atom stereocenters. The molecule has 0 aliphatic heterocycles. The van der Waals surface area contributed by atoms with Crippen LogP contribution in [0.5, 0.6) is 0 Å². The Morgan fingerprint density at radius 3 is 2.86 bits per heavy atom. The molecule has 14 heavy (non-hydrogen) atoms. The zero-order valence-corrected chi connectivity index (χ0v) is 7.18. The summed E-state index contributed by atoms with van der Waals surface area (Å²) in [6, 6.07) is 3.81. The number of nitro benzene ring substituents is 1. The number of aliphatic hydroxyl groups excluding tert-OH is 1. The van der Waals surface area contributed by atoms with Crippen LogP contribution >= 0.6 is 0 Å². The maximum atomic E-state index is 13.0. The quantitative estimate of drug-likeness (QED) is 0.592. The van der Waals surface area contributed by atoms with Crippen molar-refractivity contribution in [3.8, 4) is 0 Å². The third-order valence-corrected chi connectivity index (χ3v) is 1.60. The maximum Gasteiger partial charge on any atom is 0.311 e. The first kappa shape index (κ1) is 10.3. The standard InChI is InChI=1S/C9H8FNO3/c10-8-5-1-3-7(4-2-6-12)9(8)11(13)14/h1-5,12H,6H2. The van der Waals surface area contributed by atoms with Gasteiger partial charge in [0.15, 0.2) is 0 Å². The van der Waals surface area contributed by atoms with Crippen LogP contribution in [0.1, 0.15) is 5.56 Å². The highest BCUT2D eigenvalue weighted by atomic mass is 19.1. The lowest BCUT2D eigenvalue weighted by molar-refractivity contribution is -0.387. The first-order valence-corrected chi connectivity index (χ1v) is 3.87. The second-order valence-corrected chi connectivity index (χ2v) is 2.52. The second-order valence-electron chi connectivity index (χ2n) is 2.52. The van der Waals surface area contributed by atoms with Crippen LogP contribution in [0.2, 0.25) is 0 Å². The maximum absolute atomic E-state index is 13.0. The van der Waals surface area contributed by atoms with E-state index in [1.807, 2.05) is 0 Å². The predicted octanol–water partition coefficient (Wildman–Crippen LogP) is 1.74. The molecule has 0 amide bonds. The Hall–Kier alpha value is -1.75.